The highest BCUT2D eigenvalue weighted by Gasteiger charge is 2.34. The van der Waals surface area contributed by atoms with Gasteiger partial charge in [0.25, 0.3) is 0 Å². The number of hydrogen-bond donors (Lipinski definition) is 0. The van der Waals surface area contributed by atoms with Gasteiger partial charge in [-0.15, -0.1) is 0 Å². The minimum Gasteiger partial charge on any atom is -0.464 e. The molecule has 102 valence electrons. The van der Waals surface area contributed by atoms with Gasteiger partial charge < -0.3 is 4.74 Å². The smallest absolute Gasteiger partial charge is 0.323 e. The number of esters is 1. The van der Waals surface area contributed by atoms with Crippen LogP contribution in [0.1, 0.15) is 43.3 Å². The van der Waals surface area contributed by atoms with Gasteiger partial charge in [0.05, 0.1) is 12.3 Å². The molecule has 19 heavy (non-hydrogen) atoms. The molecule has 1 aromatic rings. The van der Waals surface area contributed by atoms with E-state index in [0.717, 1.165) is 37.4 Å². The number of nitrogens with zero attached hydrogens (tertiary/aromatic N) is 3. The topological polar surface area (TPSA) is 55.3 Å². The summed E-state index contributed by atoms with van der Waals surface area (Å²) in [5, 5.41) is 0. The third-order valence-electron chi connectivity index (χ3n) is 3.86. The summed E-state index contributed by atoms with van der Waals surface area (Å²) in [6.45, 7) is 6.36. The quantitative estimate of drug-likeness (QED) is 0.750. The van der Waals surface area contributed by atoms with E-state index in [1.54, 1.807) is 0 Å². The predicted molar refractivity (Wildman–Crippen MR) is 69.6 cm³/mol. The Morgan fingerprint density at radius 1 is 1.47 bits per heavy atom. The summed E-state index contributed by atoms with van der Waals surface area (Å²) in [5.41, 5.74) is 2.29. The summed E-state index contributed by atoms with van der Waals surface area (Å²) in [4.78, 5) is 22.9. The Morgan fingerprint density at radius 3 is 3.00 bits per heavy atom. The number of fused-ring (bicyclic) bond motifs is 1. The average Bonchev–Trinajstić information content (AvgIpc) is 2.83. The summed E-state index contributed by atoms with van der Waals surface area (Å²) in [7, 11) is 0. The first-order chi connectivity index (χ1) is 9.15. The Morgan fingerprint density at radius 2 is 2.32 bits per heavy atom. The van der Waals surface area contributed by atoms with Gasteiger partial charge in [0, 0.05) is 31.6 Å². The molecule has 3 heterocycles. The first-order valence-corrected chi connectivity index (χ1v) is 6.90. The molecule has 1 atom stereocenters. The number of aromatic nitrogens is 2. The third kappa shape index (κ3) is 2.34. The molecule has 1 unspecified atom stereocenters. The molecule has 1 saturated heterocycles. The van der Waals surface area contributed by atoms with Crippen LogP contribution in [-0.4, -0.2) is 40.0 Å². The number of ether oxygens (including phenoxy) is 1. The molecule has 2 aliphatic rings. The fourth-order valence-corrected chi connectivity index (χ4v) is 2.70. The van der Waals surface area contributed by atoms with Crippen LogP contribution in [0, 0.1) is 0 Å². The second kappa shape index (κ2) is 4.89. The Labute approximate surface area is 113 Å². The average molecular weight is 261 g/mol. The van der Waals surface area contributed by atoms with Crippen LogP contribution in [0.4, 0.5) is 0 Å². The van der Waals surface area contributed by atoms with Gasteiger partial charge in [-0.05, 0) is 12.0 Å². The van der Waals surface area contributed by atoms with Crippen molar-refractivity contribution in [1.29, 1.82) is 0 Å². The zero-order valence-electron chi connectivity index (χ0n) is 11.4. The van der Waals surface area contributed by atoms with Crippen LogP contribution >= 0.6 is 0 Å². The zero-order chi connectivity index (χ0) is 13.4. The molecule has 0 radical (unpaired) electrons. The Balaban J connectivity index is 1.82. The molecule has 0 bridgehead atoms. The summed E-state index contributed by atoms with van der Waals surface area (Å²) in [6, 6.07) is -0.0781. The van der Waals surface area contributed by atoms with E-state index < -0.39 is 0 Å². The van der Waals surface area contributed by atoms with Crippen molar-refractivity contribution in [3.05, 3.63) is 23.3 Å². The van der Waals surface area contributed by atoms with Crippen LogP contribution in [0.2, 0.25) is 0 Å². The van der Waals surface area contributed by atoms with Gasteiger partial charge >= 0.3 is 5.97 Å². The van der Waals surface area contributed by atoms with E-state index in [-0.39, 0.29) is 12.0 Å². The lowest BCUT2D eigenvalue weighted by Gasteiger charge is -2.30. The summed E-state index contributed by atoms with van der Waals surface area (Å²) < 4.78 is 5.06. The number of hydrogen-bond acceptors (Lipinski definition) is 5. The SMILES string of the molecule is CC(C)c1ncc2c(n1)CN(C1CCOC1=O)CC2. The number of rotatable bonds is 2. The Bertz CT molecular complexity index is 501. The normalized spacial score (nSPS) is 23.5. The van der Waals surface area contributed by atoms with Crippen molar-refractivity contribution in [2.45, 2.75) is 45.2 Å². The number of carbonyl (C=O) groups excluding carboxylic acids is 1. The second-order valence-corrected chi connectivity index (χ2v) is 5.55. The monoisotopic (exact) mass is 261 g/mol. The van der Waals surface area contributed by atoms with Gasteiger partial charge in [0.15, 0.2) is 0 Å². The van der Waals surface area contributed by atoms with Crippen LogP contribution in [0.15, 0.2) is 6.20 Å². The van der Waals surface area contributed by atoms with Gasteiger partial charge in [-0.1, -0.05) is 13.8 Å². The fraction of sp³-hybridized carbons (Fsp3) is 0.643. The molecule has 1 fully saturated rings. The summed E-state index contributed by atoms with van der Waals surface area (Å²) >= 11 is 0. The molecule has 0 N–H and O–H groups in total. The Kier molecular flexibility index (Phi) is 3.22. The van der Waals surface area contributed by atoms with Crippen molar-refractivity contribution in [2.24, 2.45) is 0 Å². The first-order valence-electron chi connectivity index (χ1n) is 6.90. The highest BCUT2D eigenvalue weighted by Crippen LogP contribution is 2.23. The van der Waals surface area contributed by atoms with E-state index in [4.69, 9.17) is 4.74 Å². The molecular weight excluding hydrogens is 242 g/mol. The minimum atomic E-state index is -0.0819. The van der Waals surface area contributed by atoms with Crippen molar-refractivity contribution in [2.75, 3.05) is 13.2 Å². The van der Waals surface area contributed by atoms with Crippen molar-refractivity contribution in [3.63, 3.8) is 0 Å². The molecular formula is C14H19N3O2. The molecule has 0 spiro atoms. The standard InChI is InChI=1S/C14H19N3O2/c1-9(2)13-15-7-10-3-5-17(8-11(10)16-13)12-4-6-19-14(12)18/h7,9,12H,3-6,8H2,1-2H3. The molecule has 0 saturated carbocycles. The maximum Gasteiger partial charge on any atom is 0.323 e. The lowest BCUT2D eigenvalue weighted by atomic mass is 10.0. The van der Waals surface area contributed by atoms with Gasteiger partial charge in [-0.3, -0.25) is 9.69 Å². The van der Waals surface area contributed by atoms with E-state index in [9.17, 15) is 4.79 Å². The zero-order valence-corrected chi connectivity index (χ0v) is 11.4. The second-order valence-electron chi connectivity index (χ2n) is 5.55. The third-order valence-corrected chi connectivity index (χ3v) is 3.86. The van der Waals surface area contributed by atoms with Gasteiger partial charge in [-0.2, -0.15) is 0 Å². The lowest BCUT2D eigenvalue weighted by Crippen LogP contribution is -2.42. The van der Waals surface area contributed by atoms with Gasteiger partial charge in [-0.25, -0.2) is 9.97 Å². The molecule has 3 rings (SSSR count). The van der Waals surface area contributed by atoms with Crippen molar-refractivity contribution >= 4 is 5.97 Å². The van der Waals surface area contributed by atoms with Crippen LogP contribution in [0.25, 0.3) is 0 Å². The number of carbonyl (C=O) groups is 1. The van der Waals surface area contributed by atoms with Gasteiger partial charge in [0.1, 0.15) is 11.9 Å². The van der Waals surface area contributed by atoms with Crippen molar-refractivity contribution in [3.8, 4) is 0 Å². The fourth-order valence-electron chi connectivity index (χ4n) is 2.70. The minimum absolute atomic E-state index is 0.0781. The molecule has 0 amide bonds. The lowest BCUT2D eigenvalue weighted by molar-refractivity contribution is -0.142. The van der Waals surface area contributed by atoms with Crippen LogP contribution in [0.3, 0.4) is 0 Å². The highest BCUT2D eigenvalue weighted by atomic mass is 16.5. The molecule has 1 aromatic heterocycles. The summed E-state index contributed by atoms with van der Waals surface area (Å²) in [5.74, 6) is 1.13. The van der Waals surface area contributed by atoms with E-state index in [2.05, 4.69) is 28.7 Å². The van der Waals surface area contributed by atoms with E-state index >= 15 is 0 Å². The van der Waals surface area contributed by atoms with E-state index in [1.807, 2.05) is 6.20 Å². The van der Waals surface area contributed by atoms with Gasteiger partial charge in [0.2, 0.25) is 0 Å². The first kappa shape index (κ1) is 12.5. The van der Waals surface area contributed by atoms with Crippen LogP contribution in [-0.2, 0) is 22.5 Å². The molecule has 0 aromatic carbocycles. The number of cyclic esters (lactones) is 1. The predicted octanol–water partition coefficient (Wildman–Crippen LogP) is 1.27. The van der Waals surface area contributed by atoms with E-state index in [1.165, 1.54) is 5.56 Å². The van der Waals surface area contributed by atoms with Crippen LogP contribution < -0.4 is 0 Å². The molecule has 2 aliphatic heterocycles. The molecule has 0 aliphatic carbocycles. The van der Waals surface area contributed by atoms with Crippen LogP contribution in [0.5, 0.6) is 0 Å². The highest BCUT2D eigenvalue weighted by molar-refractivity contribution is 5.77. The van der Waals surface area contributed by atoms with Crippen molar-refractivity contribution < 1.29 is 9.53 Å². The largest absolute Gasteiger partial charge is 0.464 e. The summed E-state index contributed by atoms with van der Waals surface area (Å²) in [6.07, 6.45) is 3.66. The van der Waals surface area contributed by atoms with E-state index in [0.29, 0.717) is 12.5 Å². The maximum absolute atomic E-state index is 11.7. The molecule has 5 nitrogen and oxygen atoms in total. The van der Waals surface area contributed by atoms with Crippen molar-refractivity contribution in [1.82, 2.24) is 14.9 Å². The molecule has 5 heteroatoms. The Hall–Kier alpha value is -1.49. The maximum atomic E-state index is 11.7.